The lowest BCUT2D eigenvalue weighted by molar-refractivity contribution is 0.266. The molecule has 100 valence electrons. The summed E-state index contributed by atoms with van der Waals surface area (Å²) < 4.78 is 6.78. The Kier molecular flexibility index (Phi) is 5.51. The summed E-state index contributed by atoms with van der Waals surface area (Å²) in [5.74, 6) is 1.82. The molecular weight excluding hydrogens is 290 g/mol. The lowest BCUT2D eigenvalue weighted by Crippen LogP contribution is -2.36. The monoisotopic (exact) mass is 311 g/mol. The fourth-order valence-corrected chi connectivity index (χ4v) is 2.85. The van der Waals surface area contributed by atoms with Crippen LogP contribution in [0, 0.1) is 5.92 Å². The van der Waals surface area contributed by atoms with Crippen LogP contribution < -0.4 is 10.1 Å². The van der Waals surface area contributed by atoms with E-state index >= 15 is 0 Å². The lowest BCUT2D eigenvalue weighted by atomic mass is 9.87. The fourth-order valence-electron chi connectivity index (χ4n) is 2.58. The maximum atomic E-state index is 5.70. The van der Waals surface area contributed by atoms with Gasteiger partial charge in [-0.25, -0.2) is 0 Å². The maximum absolute atomic E-state index is 5.70. The van der Waals surface area contributed by atoms with Gasteiger partial charge >= 0.3 is 0 Å². The van der Waals surface area contributed by atoms with Crippen molar-refractivity contribution in [1.82, 2.24) is 5.32 Å². The van der Waals surface area contributed by atoms with Gasteiger partial charge in [0, 0.05) is 17.1 Å². The second-order valence-corrected chi connectivity index (χ2v) is 6.14. The fraction of sp³-hybridized carbons (Fsp3) is 0.600. The van der Waals surface area contributed by atoms with Crippen LogP contribution in [0.15, 0.2) is 28.7 Å². The predicted octanol–water partition coefficient (Wildman–Crippen LogP) is 4.00. The second kappa shape index (κ2) is 7.15. The highest BCUT2D eigenvalue weighted by Gasteiger charge is 2.17. The summed E-state index contributed by atoms with van der Waals surface area (Å²) in [6.45, 7) is 4.03. The van der Waals surface area contributed by atoms with Crippen LogP contribution in [-0.2, 0) is 0 Å². The molecule has 1 aliphatic carbocycles. The molecule has 0 amide bonds. The standard InChI is InChI=1S/C15H22BrNO/c1-12-3-2-4-14(11-12)17-9-10-18-15-7-5-13(16)6-8-15/h5-8,12,14,17H,2-4,9-11H2,1H3. The number of ether oxygens (including phenoxy) is 1. The first-order valence-electron chi connectivity index (χ1n) is 6.86. The molecule has 0 aromatic heterocycles. The molecule has 1 saturated carbocycles. The minimum absolute atomic E-state index is 0.697. The topological polar surface area (TPSA) is 21.3 Å². The first-order chi connectivity index (χ1) is 8.74. The van der Waals surface area contributed by atoms with Crippen LogP contribution >= 0.6 is 15.9 Å². The van der Waals surface area contributed by atoms with E-state index in [0.717, 1.165) is 29.3 Å². The van der Waals surface area contributed by atoms with Gasteiger partial charge in [0.1, 0.15) is 12.4 Å². The van der Waals surface area contributed by atoms with Gasteiger partial charge in [0.25, 0.3) is 0 Å². The largest absolute Gasteiger partial charge is 0.492 e. The van der Waals surface area contributed by atoms with Gasteiger partial charge in [-0.15, -0.1) is 0 Å². The van der Waals surface area contributed by atoms with Crippen molar-refractivity contribution in [3.8, 4) is 5.75 Å². The van der Waals surface area contributed by atoms with E-state index in [0.29, 0.717) is 6.04 Å². The van der Waals surface area contributed by atoms with Gasteiger partial charge in [-0.05, 0) is 43.0 Å². The van der Waals surface area contributed by atoms with Gasteiger partial charge in [0.15, 0.2) is 0 Å². The number of benzene rings is 1. The second-order valence-electron chi connectivity index (χ2n) is 5.23. The lowest BCUT2D eigenvalue weighted by Gasteiger charge is -2.27. The van der Waals surface area contributed by atoms with E-state index in [1.54, 1.807) is 0 Å². The Morgan fingerprint density at radius 2 is 2.06 bits per heavy atom. The highest BCUT2D eigenvalue weighted by atomic mass is 79.9. The van der Waals surface area contributed by atoms with Gasteiger partial charge in [0.2, 0.25) is 0 Å². The Morgan fingerprint density at radius 3 is 2.78 bits per heavy atom. The van der Waals surface area contributed by atoms with Crippen molar-refractivity contribution in [3.63, 3.8) is 0 Å². The van der Waals surface area contributed by atoms with Crippen molar-refractivity contribution in [1.29, 1.82) is 0 Å². The molecule has 0 saturated heterocycles. The zero-order chi connectivity index (χ0) is 12.8. The van der Waals surface area contributed by atoms with E-state index in [-0.39, 0.29) is 0 Å². The Labute approximate surface area is 118 Å². The van der Waals surface area contributed by atoms with Gasteiger partial charge in [-0.1, -0.05) is 35.7 Å². The van der Waals surface area contributed by atoms with Crippen LogP contribution in [0.4, 0.5) is 0 Å². The molecule has 0 bridgehead atoms. The Hall–Kier alpha value is -0.540. The minimum Gasteiger partial charge on any atom is -0.492 e. The summed E-state index contributed by atoms with van der Waals surface area (Å²) in [6, 6.07) is 8.69. The van der Waals surface area contributed by atoms with Crippen molar-refractivity contribution in [2.24, 2.45) is 5.92 Å². The van der Waals surface area contributed by atoms with Crippen molar-refractivity contribution in [2.45, 2.75) is 38.6 Å². The molecule has 0 heterocycles. The molecule has 1 aromatic rings. The van der Waals surface area contributed by atoms with E-state index in [1.165, 1.54) is 25.7 Å². The zero-order valence-corrected chi connectivity index (χ0v) is 12.6. The van der Waals surface area contributed by atoms with Crippen LogP contribution in [0.2, 0.25) is 0 Å². The third-order valence-corrected chi connectivity index (χ3v) is 4.08. The van der Waals surface area contributed by atoms with Gasteiger partial charge < -0.3 is 10.1 Å². The number of halogens is 1. The van der Waals surface area contributed by atoms with Crippen LogP contribution in [0.25, 0.3) is 0 Å². The quantitative estimate of drug-likeness (QED) is 0.830. The van der Waals surface area contributed by atoms with Crippen LogP contribution in [-0.4, -0.2) is 19.2 Å². The number of rotatable bonds is 5. The summed E-state index contributed by atoms with van der Waals surface area (Å²) in [5.41, 5.74) is 0. The van der Waals surface area contributed by atoms with Crippen molar-refractivity contribution < 1.29 is 4.74 Å². The Bertz CT molecular complexity index is 352. The summed E-state index contributed by atoms with van der Waals surface area (Å²) in [7, 11) is 0. The van der Waals surface area contributed by atoms with E-state index in [1.807, 2.05) is 24.3 Å². The van der Waals surface area contributed by atoms with Crippen molar-refractivity contribution in [2.75, 3.05) is 13.2 Å². The molecule has 2 nitrogen and oxygen atoms in total. The highest BCUT2D eigenvalue weighted by molar-refractivity contribution is 9.10. The number of hydrogen-bond donors (Lipinski definition) is 1. The van der Waals surface area contributed by atoms with E-state index in [4.69, 9.17) is 4.74 Å². The van der Waals surface area contributed by atoms with Crippen LogP contribution in [0.3, 0.4) is 0 Å². The predicted molar refractivity (Wildman–Crippen MR) is 79.1 cm³/mol. The molecule has 0 spiro atoms. The first-order valence-corrected chi connectivity index (χ1v) is 7.65. The maximum Gasteiger partial charge on any atom is 0.119 e. The molecule has 2 atom stereocenters. The average molecular weight is 312 g/mol. The highest BCUT2D eigenvalue weighted by Crippen LogP contribution is 2.23. The smallest absolute Gasteiger partial charge is 0.119 e. The molecule has 3 heteroatoms. The summed E-state index contributed by atoms with van der Waals surface area (Å²) in [6.07, 6.45) is 5.40. The van der Waals surface area contributed by atoms with Crippen molar-refractivity contribution in [3.05, 3.63) is 28.7 Å². The molecule has 1 aromatic carbocycles. The molecule has 0 radical (unpaired) electrons. The summed E-state index contributed by atoms with van der Waals surface area (Å²) in [5, 5.41) is 3.60. The Balaban J connectivity index is 1.62. The molecule has 2 unspecified atom stereocenters. The van der Waals surface area contributed by atoms with Crippen LogP contribution in [0.5, 0.6) is 5.75 Å². The van der Waals surface area contributed by atoms with Crippen LogP contribution in [0.1, 0.15) is 32.6 Å². The van der Waals surface area contributed by atoms with Gasteiger partial charge in [-0.3, -0.25) is 0 Å². The molecule has 1 fully saturated rings. The summed E-state index contributed by atoms with van der Waals surface area (Å²) in [4.78, 5) is 0. The number of hydrogen-bond acceptors (Lipinski definition) is 2. The minimum atomic E-state index is 0.697. The van der Waals surface area contributed by atoms with Gasteiger partial charge in [0.05, 0.1) is 0 Å². The third-order valence-electron chi connectivity index (χ3n) is 3.55. The normalized spacial score (nSPS) is 23.9. The van der Waals surface area contributed by atoms with Crippen molar-refractivity contribution >= 4 is 15.9 Å². The Morgan fingerprint density at radius 1 is 1.28 bits per heavy atom. The molecule has 0 aliphatic heterocycles. The molecule has 18 heavy (non-hydrogen) atoms. The SMILES string of the molecule is CC1CCCC(NCCOc2ccc(Br)cc2)C1. The van der Waals surface area contributed by atoms with E-state index < -0.39 is 0 Å². The third kappa shape index (κ3) is 4.62. The van der Waals surface area contributed by atoms with E-state index in [2.05, 4.69) is 28.2 Å². The molecular formula is C15H22BrNO. The average Bonchev–Trinajstić information content (AvgIpc) is 2.37. The molecule has 1 aliphatic rings. The first kappa shape index (κ1) is 13.9. The number of nitrogens with one attached hydrogen (secondary N) is 1. The molecule has 1 N–H and O–H groups in total. The molecule has 2 rings (SSSR count). The zero-order valence-electron chi connectivity index (χ0n) is 11.0. The summed E-state index contributed by atoms with van der Waals surface area (Å²) >= 11 is 3.42. The van der Waals surface area contributed by atoms with Gasteiger partial charge in [-0.2, -0.15) is 0 Å². The van der Waals surface area contributed by atoms with E-state index in [9.17, 15) is 0 Å².